The van der Waals surface area contributed by atoms with Crippen LogP contribution in [-0.4, -0.2) is 62.1 Å². The van der Waals surface area contributed by atoms with E-state index in [9.17, 15) is 0 Å². The summed E-state index contributed by atoms with van der Waals surface area (Å²) in [5, 5.41) is 3.55. The minimum absolute atomic E-state index is 0. The van der Waals surface area contributed by atoms with Crippen molar-refractivity contribution in [1.82, 2.24) is 15.1 Å². The molecule has 28 heavy (non-hydrogen) atoms. The average Bonchev–Trinajstić information content (AvgIpc) is 3.13. The molecule has 2 saturated heterocycles. The van der Waals surface area contributed by atoms with Crippen molar-refractivity contribution < 1.29 is 4.74 Å². The topological polar surface area (TPSA) is 40.1 Å². The standard InChI is InChI=1S/C22H36N4O.HI/c1-4-27-21-9-8-19(14-18(21)2)15-24-22(23-3)26-13-10-20(17-26)16-25-11-6-5-7-12-25;/h8-9,14,20H,4-7,10-13,15-17H2,1-3H3,(H,23,24);1H. The Hall–Kier alpha value is -1.02. The number of guanidine groups is 1. The van der Waals surface area contributed by atoms with Gasteiger partial charge in [-0.25, -0.2) is 0 Å². The van der Waals surface area contributed by atoms with Gasteiger partial charge in [0.1, 0.15) is 5.75 Å². The molecule has 0 aliphatic carbocycles. The van der Waals surface area contributed by atoms with E-state index < -0.39 is 0 Å². The summed E-state index contributed by atoms with van der Waals surface area (Å²) in [5.41, 5.74) is 2.45. The van der Waals surface area contributed by atoms with E-state index >= 15 is 0 Å². The summed E-state index contributed by atoms with van der Waals surface area (Å²) in [5.74, 6) is 2.78. The van der Waals surface area contributed by atoms with Gasteiger partial charge in [-0.15, -0.1) is 24.0 Å². The van der Waals surface area contributed by atoms with Gasteiger partial charge in [0.05, 0.1) is 6.61 Å². The van der Waals surface area contributed by atoms with Crippen LogP contribution in [0.1, 0.15) is 43.7 Å². The number of likely N-dealkylation sites (tertiary alicyclic amines) is 2. The number of aryl methyl sites for hydroxylation is 1. The highest BCUT2D eigenvalue weighted by Gasteiger charge is 2.26. The summed E-state index contributed by atoms with van der Waals surface area (Å²) in [6, 6.07) is 6.42. The van der Waals surface area contributed by atoms with Gasteiger partial charge in [0, 0.05) is 33.2 Å². The Kier molecular flexibility index (Phi) is 9.85. The molecule has 2 heterocycles. The fraction of sp³-hybridized carbons (Fsp3) is 0.682. The molecule has 1 unspecified atom stereocenters. The summed E-state index contributed by atoms with van der Waals surface area (Å²) >= 11 is 0. The minimum Gasteiger partial charge on any atom is -0.494 e. The van der Waals surface area contributed by atoms with Crippen molar-refractivity contribution in [2.45, 2.75) is 46.1 Å². The lowest BCUT2D eigenvalue weighted by molar-refractivity contribution is 0.198. The van der Waals surface area contributed by atoms with Crippen molar-refractivity contribution in [3.63, 3.8) is 0 Å². The number of nitrogens with zero attached hydrogens (tertiary/aromatic N) is 3. The first kappa shape index (κ1) is 23.3. The summed E-state index contributed by atoms with van der Waals surface area (Å²) in [6.07, 6.45) is 5.44. The molecule has 0 spiro atoms. The number of ether oxygens (including phenoxy) is 1. The van der Waals surface area contributed by atoms with Crippen LogP contribution in [0.4, 0.5) is 0 Å². The third-order valence-corrected chi connectivity index (χ3v) is 5.75. The lowest BCUT2D eigenvalue weighted by Crippen LogP contribution is -2.41. The van der Waals surface area contributed by atoms with Gasteiger partial charge < -0.3 is 19.9 Å². The molecule has 0 aromatic heterocycles. The number of piperidine rings is 1. The Bertz CT molecular complexity index is 631. The molecule has 3 rings (SSSR count). The number of nitrogens with one attached hydrogen (secondary N) is 1. The van der Waals surface area contributed by atoms with Crippen LogP contribution >= 0.6 is 24.0 Å². The molecule has 5 nitrogen and oxygen atoms in total. The fourth-order valence-corrected chi connectivity index (χ4v) is 4.33. The minimum atomic E-state index is 0. The van der Waals surface area contributed by atoms with E-state index in [1.165, 1.54) is 56.4 Å². The first-order valence-corrected chi connectivity index (χ1v) is 10.6. The third-order valence-electron chi connectivity index (χ3n) is 5.75. The molecule has 0 saturated carbocycles. The summed E-state index contributed by atoms with van der Waals surface area (Å²) in [7, 11) is 1.89. The van der Waals surface area contributed by atoms with Crippen LogP contribution in [0.5, 0.6) is 5.75 Å². The zero-order chi connectivity index (χ0) is 19.1. The smallest absolute Gasteiger partial charge is 0.193 e. The van der Waals surface area contributed by atoms with Crippen molar-refractivity contribution in [1.29, 1.82) is 0 Å². The largest absolute Gasteiger partial charge is 0.494 e. The Morgan fingerprint density at radius 1 is 1.21 bits per heavy atom. The van der Waals surface area contributed by atoms with E-state index in [-0.39, 0.29) is 24.0 Å². The highest BCUT2D eigenvalue weighted by Crippen LogP contribution is 2.21. The number of hydrogen-bond acceptors (Lipinski definition) is 3. The van der Waals surface area contributed by atoms with Gasteiger partial charge in [-0.1, -0.05) is 18.6 Å². The van der Waals surface area contributed by atoms with Gasteiger partial charge in [-0.2, -0.15) is 0 Å². The second-order valence-corrected chi connectivity index (χ2v) is 7.90. The molecule has 6 heteroatoms. The Balaban J connectivity index is 0.00000280. The zero-order valence-corrected chi connectivity index (χ0v) is 20.1. The highest BCUT2D eigenvalue weighted by molar-refractivity contribution is 14.0. The number of benzene rings is 1. The summed E-state index contributed by atoms with van der Waals surface area (Å²) in [6.45, 7) is 11.7. The molecule has 2 fully saturated rings. The second kappa shape index (κ2) is 11.9. The van der Waals surface area contributed by atoms with Crippen molar-refractivity contribution >= 4 is 29.9 Å². The quantitative estimate of drug-likeness (QED) is 0.366. The van der Waals surface area contributed by atoms with Crippen LogP contribution in [-0.2, 0) is 6.54 Å². The zero-order valence-electron chi connectivity index (χ0n) is 17.7. The van der Waals surface area contributed by atoms with Crippen molar-refractivity contribution in [3.05, 3.63) is 29.3 Å². The molecule has 1 N–H and O–H groups in total. The third kappa shape index (κ3) is 6.51. The molecule has 0 radical (unpaired) electrons. The van der Waals surface area contributed by atoms with E-state index in [1.807, 2.05) is 14.0 Å². The van der Waals surface area contributed by atoms with Crippen molar-refractivity contribution in [2.24, 2.45) is 10.9 Å². The maximum atomic E-state index is 5.64. The van der Waals surface area contributed by atoms with E-state index in [1.54, 1.807) is 0 Å². The van der Waals surface area contributed by atoms with Crippen LogP contribution in [0.3, 0.4) is 0 Å². The van der Waals surface area contributed by atoms with Gasteiger partial charge in [-0.05, 0) is 69.3 Å². The van der Waals surface area contributed by atoms with Crippen molar-refractivity contribution in [2.75, 3.05) is 46.4 Å². The molecule has 1 aromatic carbocycles. The van der Waals surface area contributed by atoms with E-state index in [0.717, 1.165) is 37.3 Å². The SMILES string of the molecule is CCOc1ccc(CNC(=NC)N2CCC(CN3CCCCC3)C2)cc1C.I. The van der Waals surface area contributed by atoms with Crippen LogP contribution in [0.2, 0.25) is 0 Å². The lowest BCUT2D eigenvalue weighted by atomic mass is 10.1. The Labute approximate surface area is 187 Å². The van der Waals surface area contributed by atoms with Crippen LogP contribution < -0.4 is 10.1 Å². The average molecular weight is 500 g/mol. The molecule has 2 aliphatic heterocycles. The first-order valence-electron chi connectivity index (χ1n) is 10.6. The van der Waals surface area contributed by atoms with E-state index in [0.29, 0.717) is 6.61 Å². The maximum Gasteiger partial charge on any atom is 0.193 e. The molecule has 1 aromatic rings. The molecule has 158 valence electrons. The normalized spacial score (nSPS) is 20.8. The number of hydrogen-bond donors (Lipinski definition) is 1. The molecular weight excluding hydrogens is 463 g/mol. The van der Waals surface area contributed by atoms with Crippen molar-refractivity contribution in [3.8, 4) is 5.75 Å². The molecule has 1 atom stereocenters. The first-order chi connectivity index (χ1) is 13.2. The van der Waals surface area contributed by atoms with Crippen LogP contribution in [0.15, 0.2) is 23.2 Å². The Morgan fingerprint density at radius 3 is 2.68 bits per heavy atom. The van der Waals surface area contributed by atoms with E-state index in [2.05, 4.69) is 45.2 Å². The molecule has 2 aliphatic rings. The lowest BCUT2D eigenvalue weighted by Gasteiger charge is -2.29. The fourth-order valence-electron chi connectivity index (χ4n) is 4.33. The maximum absolute atomic E-state index is 5.64. The van der Waals surface area contributed by atoms with Gasteiger partial charge >= 0.3 is 0 Å². The summed E-state index contributed by atoms with van der Waals surface area (Å²) < 4.78 is 5.64. The second-order valence-electron chi connectivity index (χ2n) is 7.90. The number of rotatable bonds is 6. The molecule has 0 amide bonds. The van der Waals surface area contributed by atoms with Crippen LogP contribution in [0.25, 0.3) is 0 Å². The van der Waals surface area contributed by atoms with Gasteiger partial charge in [0.15, 0.2) is 5.96 Å². The Morgan fingerprint density at radius 2 is 2.00 bits per heavy atom. The predicted molar refractivity (Wildman–Crippen MR) is 128 cm³/mol. The number of aliphatic imine (C=N–C) groups is 1. The molecular formula is C22H37IN4O. The van der Waals surface area contributed by atoms with Gasteiger partial charge in [-0.3, -0.25) is 4.99 Å². The van der Waals surface area contributed by atoms with Crippen LogP contribution in [0, 0.1) is 12.8 Å². The number of halogens is 1. The van der Waals surface area contributed by atoms with Gasteiger partial charge in [0.2, 0.25) is 0 Å². The summed E-state index contributed by atoms with van der Waals surface area (Å²) in [4.78, 5) is 9.62. The molecule has 0 bridgehead atoms. The highest BCUT2D eigenvalue weighted by atomic mass is 127. The van der Waals surface area contributed by atoms with Gasteiger partial charge in [0.25, 0.3) is 0 Å². The monoisotopic (exact) mass is 500 g/mol. The predicted octanol–water partition coefficient (Wildman–Crippen LogP) is 3.89. The van der Waals surface area contributed by atoms with E-state index in [4.69, 9.17) is 4.74 Å².